The standard InChI is InChI=1S/C23H21N3O/c27-23(21-11-9-19(10-12-21)18-6-2-1-3-7-18)25-15-5-16-26-17-13-20-8-4-14-24-22(20)26/h1-4,6-14,17H,5,15-16H2,(H,25,27). The smallest absolute Gasteiger partial charge is 0.251 e. The zero-order chi connectivity index (χ0) is 18.5. The van der Waals surface area contributed by atoms with Crippen LogP contribution in [-0.2, 0) is 6.54 Å². The molecular weight excluding hydrogens is 334 g/mol. The van der Waals surface area contributed by atoms with Gasteiger partial charge in [-0.2, -0.15) is 0 Å². The number of carbonyl (C=O) groups is 1. The number of carbonyl (C=O) groups excluding carboxylic acids is 1. The normalized spacial score (nSPS) is 10.8. The van der Waals surface area contributed by atoms with E-state index in [-0.39, 0.29) is 5.91 Å². The molecule has 4 rings (SSSR count). The summed E-state index contributed by atoms with van der Waals surface area (Å²) in [4.78, 5) is 16.7. The van der Waals surface area contributed by atoms with Crippen molar-refractivity contribution in [3.8, 4) is 11.1 Å². The van der Waals surface area contributed by atoms with Gasteiger partial charge in [-0.3, -0.25) is 4.79 Å². The quantitative estimate of drug-likeness (QED) is 0.517. The Bertz CT molecular complexity index is 1040. The highest BCUT2D eigenvalue weighted by molar-refractivity contribution is 5.94. The summed E-state index contributed by atoms with van der Waals surface area (Å²) in [6, 6.07) is 23.9. The third-order valence-electron chi connectivity index (χ3n) is 4.64. The van der Waals surface area contributed by atoms with Crippen LogP contribution in [0.3, 0.4) is 0 Å². The van der Waals surface area contributed by atoms with Gasteiger partial charge in [0.2, 0.25) is 0 Å². The minimum atomic E-state index is -0.0369. The number of benzene rings is 2. The molecule has 2 aromatic carbocycles. The summed E-state index contributed by atoms with van der Waals surface area (Å²) in [5.41, 5.74) is 3.93. The molecule has 2 aromatic heterocycles. The Morgan fingerprint density at radius 3 is 2.48 bits per heavy atom. The van der Waals surface area contributed by atoms with E-state index < -0.39 is 0 Å². The lowest BCUT2D eigenvalue weighted by atomic mass is 10.0. The van der Waals surface area contributed by atoms with Crippen LogP contribution >= 0.6 is 0 Å². The van der Waals surface area contributed by atoms with Crippen LogP contribution in [0.1, 0.15) is 16.8 Å². The number of aryl methyl sites for hydroxylation is 1. The van der Waals surface area contributed by atoms with E-state index >= 15 is 0 Å². The van der Waals surface area contributed by atoms with Gasteiger partial charge < -0.3 is 9.88 Å². The fraction of sp³-hybridized carbons (Fsp3) is 0.130. The molecule has 0 atom stereocenters. The minimum absolute atomic E-state index is 0.0369. The molecule has 4 nitrogen and oxygen atoms in total. The molecule has 0 unspecified atom stereocenters. The van der Waals surface area contributed by atoms with E-state index in [0.717, 1.165) is 35.1 Å². The van der Waals surface area contributed by atoms with Crippen molar-refractivity contribution in [1.82, 2.24) is 14.9 Å². The highest BCUT2D eigenvalue weighted by Gasteiger charge is 2.06. The van der Waals surface area contributed by atoms with Crippen molar-refractivity contribution < 1.29 is 4.79 Å². The number of hydrogen-bond donors (Lipinski definition) is 1. The van der Waals surface area contributed by atoms with Gasteiger partial charge in [-0.05, 0) is 47.9 Å². The van der Waals surface area contributed by atoms with Crippen LogP contribution in [0, 0.1) is 0 Å². The topological polar surface area (TPSA) is 46.9 Å². The Hall–Kier alpha value is -3.40. The first-order valence-corrected chi connectivity index (χ1v) is 9.15. The Balaban J connectivity index is 1.30. The monoisotopic (exact) mass is 355 g/mol. The molecule has 0 bridgehead atoms. The fourth-order valence-corrected chi connectivity index (χ4v) is 3.20. The van der Waals surface area contributed by atoms with Crippen LogP contribution in [0.2, 0.25) is 0 Å². The summed E-state index contributed by atoms with van der Waals surface area (Å²) < 4.78 is 2.12. The number of aromatic nitrogens is 2. The van der Waals surface area contributed by atoms with E-state index in [1.807, 2.05) is 54.7 Å². The lowest BCUT2D eigenvalue weighted by Gasteiger charge is -2.08. The van der Waals surface area contributed by atoms with Gasteiger partial charge in [0, 0.05) is 36.4 Å². The van der Waals surface area contributed by atoms with Crippen LogP contribution in [0.5, 0.6) is 0 Å². The second-order valence-electron chi connectivity index (χ2n) is 6.48. The lowest BCUT2D eigenvalue weighted by molar-refractivity contribution is 0.0953. The van der Waals surface area contributed by atoms with Crippen molar-refractivity contribution in [1.29, 1.82) is 0 Å². The number of hydrogen-bond acceptors (Lipinski definition) is 2. The summed E-state index contributed by atoms with van der Waals surface area (Å²) in [6.07, 6.45) is 4.70. The summed E-state index contributed by atoms with van der Waals surface area (Å²) >= 11 is 0. The summed E-state index contributed by atoms with van der Waals surface area (Å²) in [5.74, 6) is -0.0369. The third-order valence-corrected chi connectivity index (χ3v) is 4.64. The van der Waals surface area contributed by atoms with E-state index in [2.05, 4.69) is 39.1 Å². The Kier molecular flexibility index (Phi) is 4.97. The second kappa shape index (κ2) is 7.87. The van der Waals surface area contributed by atoms with E-state index in [1.54, 1.807) is 6.20 Å². The van der Waals surface area contributed by atoms with Crippen molar-refractivity contribution in [2.75, 3.05) is 6.54 Å². The highest BCUT2D eigenvalue weighted by atomic mass is 16.1. The average molecular weight is 355 g/mol. The Morgan fingerprint density at radius 2 is 1.67 bits per heavy atom. The lowest BCUT2D eigenvalue weighted by Crippen LogP contribution is -2.25. The molecule has 0 saturated carbocycles. The first-order valence-electron chi connectivity index (χ1n) is 9.15. The van der Waals surface area contributed by atoms with Crippen LogP contribution < -0.4 is 5.32 Å². The van der Waals surface area contributed by atoms with Crippen LogP contribution in [0.15, 0.2) is 85.2 Å². The summed E-state index contributed by atoms with van der Waals surface area (Å²) in [6.45, 7) is 1.46. The predicted octanol–water partition coefficient (Wildman–Crippen LogP) is 4.52. The minimum Gasteiger partial charge on any atom is -0.352 e. The van der Waals surface area contributed by atoms with Crippen LogP contribution in [0.25, 0.3) is 22.2 Å². The molecular formula is C23H21N3O. The molecule has 1 amide bonds. The van der Waals surface area contributed by atoms with E-state index in [1.165, 1.54) is 0 Å². The molecule has 134 valence electrons. The molecule has 0 aliphatic carbocycles. The van der Waals surface area contributed by atoms with Crippen molar-refractivity contribution in [2.45, 2.75) is 13.0 Å². The Labute approximate surface area is 158 Å². The Morgan fingerprint density at radius 1 is 0.889 bits per heavy atom. The van der Waals surface area contributed by atoms with Gasteiger partial charge in [0.15, 0.2) is 0 Å². The molecule has 0 radical (unpaired) electrons. The second-order valence-corrected chi connectivity index (χ2v) is 6.48. The number of pyridine rings is 1. The molecule has 0 fully saturated rings. The molecule has 4 aromatic rings. The van der Waals surface area contributed by atoms with E-state index in [0.29, 0.717) is 12.1 Å². The molecule has 0 spiro atoms. The van der Waals surface area contributed by atoms with Gasteiger partial charge >= 0.3 is 0 Å². The fourth-order valence-electron chi connectivity index (χ4n) is 3.20. The predicted molar refractivity (Wildman–Crippen MR) is 109 cm³/mol. The zero-order valence-electron chi connectivity index (χ0n) is 15.0. The van der Waals surface area contributed by atoms with Gasteiger partial charge in [0.25, 0.3) is 5.91 Å². The van der Waals surface area contributed by atoms with Crippen molar-refractivity contribution >= 4 is 16.9 Å². The van der Waals surface area contributed by atoms with Crippen molar-refractivity contribution in [3.05, 3.63) is 90.8 Å². The molecule has 0 aliphatic heterocycles. The maximum absolute atomic E-state index is 12.3. The number of fused-ring (bicyclic) bond motifs is 1. The van der Waals surface area contributed by atoms with Gasteiger partial charge in [-0.15, -0.1) is 0 Å². The zero-order valence-corrected chi connectivity index (χ0v) is 15.0. The van der Waals surface area contributed by atoms with Gasteiger partial charge in [0.05, 0.1) is 0 Å². The average Bonchev–Trinajstić information content (AvgIpc) is 3.15. The van der Waals surface area contributed by atoms with Crippen molar-refractivity contribution in [3.63, 3.8) is 0 Å². The first-order chi connectivity index (χ1) is 13.3. The SMILES string of the molecule is O=C(NCCCn1ccc2cccnc21)c1ccc(-c2ccccc2)cc1. The molecule has 0 saturated heterocycles. The van der Waals surface area contributed by atoms with Crippen LogP contribution in [-0.4, -0.2) is 22.0 Å². The van der Waals surface area contributed by atoms with Gasteiger partial charge in [0.1, 0.15) is 5.65 Å². The number of nitrogens with zero attached hydrogens (tertiary/aromatic N) is 2. The van der Waals surface area contributed by atoms with Crippen molar-refractivity contribution in [2.24, 2.45) is 0 Å². The van der Waals surface area contributed by atoms with E-state index in [4.69, 9.17) is 0 Å². The maximum atomic E-state index is 12.3. The van der Waals surface area contributed by atoms with Gasteiger partial charge in [-0.1, -0.05) is 42.5 Å². The van der Waals surface area contributed by atoms with Gasteiger partial charge in [-0.25, -0.2) is 4.98 Å². The third kappa shape index (κ3) is 3.90. The molecule has 1 N–H and O–H groups in total. The largest absolute Gasteiger partial charge is 0.352 e. The number of rotatable bonds is 6. The molecule has 27 heavy (non-hydrogen) atoms. The maximum Gasteiger partial charge on any atom is 0.251 e. The molecule has 0 aliphatic rings. The van der Waals surface area contributed by atoms with E-state index in [9.17, 15) is 4.79 Å². The summed E-state index contributed by atoms with van der Waals surface area (Å²) in [5, 5.41) is 4.13. The number of nitrogens with one attached hydrogen (secondary N) is 1. The number of amides is 1. The molecule has 4 heteroatoms. The molecule has 2 heterocycles. The first kappa shape index (κ1) is 17.0. The van der Waals surface area contributed by atoms with Crippen LogP contribution in [0.4, 0.5) is 0 Å². The summed E-state index contributed by atoms with van der Waals surface area (Å²) in [7, 11) is 0. The highest BCUT2D eigenvalue weighted by Crippen LogP contribution is 2.19.